The predicted molar refractivity (Wildman–Crippen MR) is 74.9 cm³/mol. The van der Waals surface area contributed by atoms with Crippen molar-refractivity contribution in [2.75, 3.05) is 6.54 Å². The van der Waals surface area contributed by atoms with E-state index in [2.05, 4.69) is 45.9 Å². The third-order valence-corrected chi connectivity index (χ3v) is 2.68. The topological polar surface area (TPSA) is 20.3 Å². The molecule has 0 N–H and O–H groups in total. The second-order valence-corrected chi connectivity index (χ2v) is 4.75. The lowest BCUT2D eigenvalue weighted by Crippen LogP contribution is -2.36. The van der Waals surface area contributed by atoms with Crippen molar-refractivity contribution in [2.45, 2.75) is 59.9 Å². The third kappa shape index (κ3) is 7.78. The lowest BCUT2D eigenvalue weighted by atomic mass is 10.1. The summed E-state index contributed by atoms with van der Waals surface area (Å²) in [6.07, 6.45) is 9.90. The summed E-state index contributed by atoms with van der Waals surface area (Å²) in [6, 6.07) is 0.274. The van der Waals surface area contributed by atoms with E-state index < -0.39 is 0 Å². The Hall–Kier alpha value is -1.05. The minimum Gasteiger partial charge on any atom is -0.337 e. The van der Waals surface area contributed by atoms with Gasteiger partial charge < -0.3 is 4.90 Å². The van der Waals surface area contributed by atoms with Gasteiger partial charge in [-0.15, -0.1) is 0 Å². The van der Waals surface area contributed by atoms with Gasteiger partial charge in [0.05, 0.1) is 0 Å². The zero-order valence-electron chi connectivity index (χ0n) is 12.0. The highest BCUT2D eigenvalue weighted by Gasteiger charge is 2.12. The molecule has 0 unspecified atom stereocenters. The predicted octanol–water partition coefficient (Wildman–Crippen LogP) is 3.94. The van der Waals surface area contributed by atoms with Crippen molar-refractivity contribution >= 4 is 5.91 Å². The molecule has 0 aliphatic heterocycles. The summed E-state index contributed by atoms with van der Waals surface area (Å²) in [5.74, 6) is 0.152. The molecule has 0 spiro atoms. The molecule has 0 saturated heterocycles. The third-order valence-electron chi connectivity index (χ3n) is 2.68. The van der Waals surface area contributed by atoms with E-state index in [9.17, 15) is 4.79 Å². The van der Waals surface area contributed by atoms with Crippen LogP contribution >= 0.6 is 0 Å². The minimum absolute atomic E-state index is 0.152. The van der Waals surface area contributed by atoms with Crippen LogP contribution in [-0.4, -0.2) is 23.4 Å². The summed E-state index contributed by atoms with van der Waals surface area (Å²) in [7, 11) is 0. The zero-order valence-corrected chi connectivity index (χ0v) is 12.0. The van der Waals surface area contributed by atoms with Crippen LogP contribution in [0.15, 0.2) is 23.8 Å². The number of rotatable bonds is 7. The number of hydrogen-bond acceptors (Lipinski definition) is 1. The second-order valence-electron chi connectivity index (χ2n) is 4.75. The van der Waals surface area contributed by atoms with Gasteiger partial charge in [-0.3, -0.25) is 4.79 Å². The summed E-state index contributed by atoms with van der Waals surface area (Å²) < 4.78 is 0. The Bertz CT molecular complexity index is 277. The van der Waals surface area contributed by atoms with Gasteiger partial charge in [-0.2, -0.15) is 0 Å². The Morgan fingerprint density at radius 3 is 2.29 bits per heavy atom. The molecule has 98 valence electrons. The minimum atomic E-state index is 0.152. The van der Waals surface area contributed by atoms with Crippen molar-refractivity contribution in [3.05, 3.63) is 23.8 Å². The van der Waals surface area contributed by atoms with E-state index >= 15 is 0 Å². The van der Waals surface area contributed by atoms with Crippen LogP contribution in [-0.2, 0) is 4.79 Å². The first kappa shape index (κ1) is 16.0. The van der Waals surface area contributed by atoms with Crippen LogP contribution in [0, 0.1) is 0 Å². The second kappa shape index (κ2) is 9.03. The molecule has 17 heavy (non-hydrogen) atoms. The van der Waals surface area contributed by atoms with E-state index in [1.165, 1.54) is 5.57 Å². The Morgan fingerprint density at radius 1 is 1.18 bits per heavy atom. The zero-order chi connectivity index (χ0) is 13.3. The monoisotopic (exact) mass is 237 g/mol. The van der Waals surface area contributed by atoms with E-state index in [1.807, 2.05) is 4.90 Å². The molecule has 0 rings (SSSR count). The molecule has 0 heterocycles. The number of nitrogens with zero attached hydrogens (tertiary/aromatic N) is 1. The van der Waals surface area contributed by atoms with E-state index in [4.69, 9.17) is 0 Å². The molecule has 1 amide bonds. The lowest BCUT2D eigenvalue weighted by molar-refractivity contribution is -0.130. The fraction of sp³-hybridized carbons (Fsp3) is 0.667. The van der Waals surface area contributed by atoms with Gasteiger partial charge in [0.1, 0.15) is 0 Å². The molecule has 0 radical (unpaired) electrons. The fourth-order valence-corrected chi connectivity index (χ4v) is 1.70. The highest BCUT2D eigenvalue weighted by molar-refractivity contribution is 5.73. The van der Waals surface area contributed by atoms with Gasteiger partial charge in [-0.05, 0) is 40.0 Å². The number of carbonyl (C=O) groups is 1. The molecule has 0 aromatic carbocycles. The lowest BCUT2D eigenvalue weighted by Gasteiger charge is -2.25. The molecule has 0 aromatic rings. The smallest absolute Gasteiger partial charge is 0.219 e. The quantitative estimate of drug-likeness (QED) is 0.485. The van der Waals surface area contributed by atoms with Crippen molar-refractivity contribution in [2.24, 2.45) is 0 Å². The van der Waals surface area contributed by atoms with Gasteiger partial charge >= 0.3 is 0 Å². The van der Waals surface area contributed by atoms with Gasteiger partial charge in [0.25, 0.3) is 0 Å². The maximum atomic E-state index is 11.4. The van der Waals surface area contributed by atoms with Crippen molar-refractivity contribution in [1.82, 2.24) is 4.90 Å². The summed E-state index contributed by atoms with van der Waals surface area (Å²) in [4.78, 5) is 13.3. The highest BCUT2D eigenvalue weighted by Crippen LogP contribution is 2.06. The van der Waals surface area contributed by atoms with Crippen LogP contribution in [0.1, 0.15) is 53.9 Å². The standard InChI is InChI=1S/C15H27NO/c1-6-7-8-9-10-11-14(4)12-16(13(2)3)15(5)17/h7-8,11,13H,6,9-10,12H2,1-5H3/b8-7-,14-11-. The molecule has 2 nitrogen and oxygen atoms in total. The van der Waals surface area contributed by atoms with Gasteiger partial charge in [0.15, 0.2) is 0 Å². The average Bonchev–Trinajstić information content (AvgIpc) is 2.24. The van der Waals surface area contributed by atoms with Crippen LogP contribution in [0.2, 0.25) is 0 Å². The largest absolute Gasteiger partial charge is 0.337 e. The van der Waals surface area contributed by atoms with E-state index in [1.54, 1.807) is 6.92 Å². The SMILES string of the molecule is CC/C=C\CC/C=C(/C)CN(C(C)=O)C(C)C. The molecule has 0 saturated carbocycles. The van der Waals surface area contributed by atoms with Crippen LogP contribution in [0.4, 0.5) is 0 Å². The molecule has 0 bridgehead atoms. The van der Waals surface area contributed by atoms with Gasteiger partial charge in [-0.25, -0.2) is 0 Å². The van der Waals surface area contributed by atoms with Gasteiger partial charge in [-0.1, -0.05) is 30.7 Å². The van der Waals surface area contributed by atoms with E-state index in [0.717, 1.165) is 25.8 Å². The van der Waals surface area contributed by atoms with Crippen molar-refractivity contribution < 1.29 is 4.79 Å². The highest BCUT2D eigenvalue weighted by atomic mass is 16.2. The molecule has 0 aliphatic carbocycles. The van der Waals surface area contributed by atoms with Crippen molar-refractivity contribution in [1.29, 1.82) is 0 Å². The Morgan fingerprint density at radius 2 is 1.82 bits per heavy atom. The fourth-order valence-electron chi connectivity index (χ4n) is 1.70. The first-order valence-electron chi connectivity index (χ1n) is 6.56. The van der Waals surface area contributed by atoms with Gasteiger partial charge in [0.2, 0.25) is 5.91 Å². The Kier molecular flexibility index (Phi) is 8.47. The summed E-state index contributed by atoms with van der Waals surface area (Å²) in [5, 5.41) is 0. The first-order valence-corrected chi connectivity index (χ1v) is 6.56. The number of allylic oxidation sites excluding steroid dienone is 3. The first-order chi connectivity index (χ1) is 7.99. The van der Waals surface area contributed by atoms with Gasteiger partial charge in [0, 0.05) is 19.5 Å². The van der Waals surface area contributed by atoms with E-state index in [-0.39, 0.29) is 11.9 Å². The summed E-state index contributed by atoms with van der Waals surface area (Å²) in [6.45, 7) is 10.7. The Labute approximate surface area is 106 Å². The number of amides is 1. The molecular weight excluding hydrogens is 210 g/mol. The molecule has 0 fully saturated rings. The van der Waals surface area contributed by atoms with Crippen LogP contribution in [0.3, 0.4) is 0 Å². The molecular formula is C15H27NO. The maximum Gasteiger partial charge on any atom is 0.219 e. The van der Waals surface area contributed by atoms with Crippen LogP contribution in [0.5, 0.6) is 0 Å². The Balaban J connectivity index is 4.12. The molecule has 0 atom stereocenters. The van der Waals surface area contributed by atoms with Crippen molar-refractivity contribution in [3.8, 4) is 0 Å². The van der Waals surface area contributed by atoms with Crippen molar-refractivity contribution in [3.63, 3.8) is 0 Å². The number of hydrogen-bond donors (Lipinski definition) is 0. The normalized spacial score (nSPS) is 12.5. The maximum absolute atomic E-state index is 11.4. The summed E-state index contributed by atoms with van der Waals surface area (Å²) in [5.41, 5.74) is 1.28. The molecule has 0 aliphatic rings. The molecule has 2 heteroatoms. The van der Waals surface area contributed by atoms with Crippen LogP contribution < -0.4 is 0 Å². The van der Waals surface area contributed by atoms with E-state index in [0.29, 0.717) is 0 Å². The van der Waals surface area contributed by atoms with Crippen LogP contribution in [0.25, 0.3) is 0 Å². The summed E-state index contributed by atoms with van der Waals surface area (Å²) >= 11 is 0. The number of carbonyl (C=O) groups excluding carboxylic acids is 1. The number of unbranched alkanes of at least 4 members (excludes halogenated alkanes) is 1. The average molecular weight is 237 g/mol. The molecule has 0 aromatic heterocycles.